The van der Waals surface area contributed by atoms with E-state index in [1.165, 1.54) is 24.3 Å². The van der Waals surface area contributed by atoms with Crippen LogP contribution in [0.5, 0.6) is 11.5 Å². The predicted octanol–water partition coefficient (Wildman–Crippen LogP) is 5.11. The van der Waals surface area contributed by atoms with Crippen molar-refractivity contribution in [3.8, 4) is 11.5 Å². The summed E-state index contributed by atoms with van der Waals surface area (Å²) in [6.45, 7) is 5.61. The molecule has 0 heterocycles. The molecule has 2 amide bonds. The van der Waals surface area contributed by atoms with Crippen molar-refractivity contribution in [1.29, 1.82) is 0 Å². The molecule has 0 aromatic heterocycles. The van der Waals surface area contributed by atoms with E-state index >= 15 is 0 Å². The van der Waals surface area contributed by atoms with Gasteiger partial charge in [0.25, 0.3) is 11.8 Å². The van der Waals surface area contributed by atoms with Crippen LogP contribution in [0.25, 0.3) is 0 Å². The van der Waals surface area contributed by atoms with Crippen LogP contribution in [0.15, 0.2) is 66.7 Å². The molecule has 0 bridgehead atoms. The van der Waals surface area contributed by atoms with Gasteiger partial charge in [0.1, 0.15) is 11.5 Å². The maximum Gasteiger partial charge on any atom is 0.513 e. The van der Waals surface area contributed by atoms with Crippen LogP contribution in [0.4, 0.5) is 16.2 Å². The Labute approximate surface area is 197 Å². The normalized spacial score (nSPS) is 10.2. The lowest BCUT2D eigenvalue weighted by atomic mass is 10.1. The van der Waals surface area contributed by atoms with Crippen LogP contribution < -0.4 is 20.1 Å². The highest BCUT2D eigenvalue weighted by atomic mass is 16.7. The summed E-state index contributed by atoms with van der Waals surface area (Å²) in [6, 6.07) is 18.6. The first-order valence-corrected chi connectivity index (χ1v) is 10.7. The van der Waals surface area contributed by atoms with Gasteiger partial charge in [-0.2, -0.15) is 0 Å². The number of rotatable bonds is 8. The quantitative estimate of drug-likeness (QED) is 0.356. The van der Waals surface area contributed by atoms with Crippen molar-refractivity contribution in [2.24, 2.45) is 0 Å². The highest BCUT2D eigenvalue weighted by molar-refractivity contribution is 6.07. The Morgan fingerprint density at radius 1 is 0.853 bits per heavy atom. The first kappa shape index (κ1) is 24.3. The molecule has 0 radical (unpaired) electrons. The zero-order chi connectivity index (χ0) is 24.5. The Bertz CT molecular complexity index is 1170. The first-order valence-electron chi connectivity index (χ1n) is 10.7. The van der Waals surface area contributed by atoms with Crippen LogP contribution in [0, 0.1) is 13.8 Å². The van der Waals surface area contributed by atoms with Gasteiger partial charge in [0, 0.05) is 5.56 Å². The van der Waals surface area contributed by atoms with Gasteiger partial charge in [-0.3, -0.25) is 9.59 Å². The third kappa shape index (κ3) is 6.83. The molecule has 0 fully saturated rings. The van der Waals surface area contributed by atoms with Gasteiger partial charge < -0.3 is 24.8 Å². The van der Waals surface area contributed by atoms with Crippen molar-refractivity contribution in [3.63, 3.8) is 0 Å². The molecule has 8 nitrogen and oxygen atoms in total. The number of benzene rings is 3. The molecule has 34 heavy (non-hydrogen) atoms. The lowest BCUT2D eigenvalue weighted by Gasteiger charge is -2.14. The second kappa shape index (κ2) is 11.5. The van der Waals surface area contributed by atoms with Gasteiger partial charge in [0.05, 0.1) is 18.0 Å². The Morgan fingerprint density at radius 3 is 2.18 bits per heavy atom. The van der Waals surface area contributed by atoms with Gasteiger partial charge in [-0.1, -0.05) is 29.8 Å². The summed E-state index contributed by atoms with van der Waals surface area (Å²) in [5.41, 5.74) is 3.27. The smallest absolute Gasteiger partial charge is 0.483 e. The number of carbonyl (C=O) groups is 3. The van der Waals surface area contributed by atoms with Crippen LogP contribution in [0.2, 0.25) is 0 Å². The van der Waals surface area contributed by atoms with Crippen molar-refractivity contribution in [2.45, 2.75) is 20.8 Å². The Kier molecular flexibility index (Phi) is 8.23. The summed E-state index contributed by atoms with van der Waals surface area (Å²) in [6.07, 6.45) is -0.814. The van der Waals surface area contributed by atoms with Crippen molar-refractivity contribution in [2.75, 3.05) is 23.8 Å². The molecule has 8 heteroatoms. The fraction of sp³-hybridized carbons (Fsp3) is 0.192. The molecular formula is C26H26N2O6. The number of hydrogen-bond acceptors (Lipinski definition) is 6. The summed E-state index contributed by atoms with van der Waals surface area (Å²) in [5, 5.41) is 5.54. The molecule has 176 valence electrons. The summed E-state index contributed by atoms with van der Waals surface area (Å²) in [4.78, 5) is 36.5. The number of hydrogen-bond donors (Lipinski definition) is 2. The number of para-hydroxylation sites is 2. The van der Waals surface area contributed by atoms with Crippen LogP contribution in [0.3, 0.4) is 0 Å². The van der Waals surface area contributed by atoms with Gasteiger partial charge in [0.15, 0.2) is 6.61 Å². The van der Waals surface area contributed by atoms with Gasteiger partial charge in [-0.05, 0) is 68.8 Å². The van der Waals surface area contributed by atoms with E-state index in [0.717, 1.165) is 11.1 Å². The second-order valence-electron chi connectivity index (χ2n) is 7.41. The van der Waals surface area contributed by atoms with E-state index in [-0.39, 0.29) is 24.9 Å². The third-order valence-corrected chi connectivity index (χ3v) is 4.72. The molecule has 0 aliphatic carbocycles. The molecular weight excluding hydrogens is 436 g/mol. The number of amides is 2. The van der Waals surface area contributed by atoms with Gasteiger partial charge in [0.2, 0.25) is 0 Å². The van der Waals surface area contributed by atoms with Crippen LogP contribution in [0.1, 0.15) is 28.4 Å². The van der Waals surface area contributed by atoms with Crippen molar-refractivity contribution in [1.82, 2.24) is 0 Å². The molecule has 3 aromatic carbocycles. The molecule has 0 aliphatic rings. The Hall–Kier alpha value is -4.33. The van der Waals surface area contributed by atoms with Crippen molar-refractivity contribution in [3.05, 3.63) is 83.4 Å². The number of ether oxygens (including phenoxy) is 3. The zero-order valence-corrected chi connectivity index (χ0v) is 19.2. The summed E-state index contributed by atoms with van der Waals surface area (Å²) >= 11 is 0. The molecule has 3 aromatic rings. The Morgan fingerprint density at radius 2 is 1.53 bits per heavy atom. The fourth-order valence-corrected chi connectivity index (χ4v) is 3.10. The number of nitrogens with one attached hydrogen (secondary N) is 2. The maximum atomic E-state index is 12.7. The minimum absolute atomic E-state index is 0.173. The SMILES string of the molecule is CCOC(=O)Oc1ccc(C(=O)Nc2ccccc2NC(=O)COc2ccc(C)cc2C)cc1. The van der Waals surface area contributed by atoms with E-state index < -0.39 is 12.1 Å². The minimum Gasteiger partial charge on any atom is -0.483 e. The zero-order valence-electron chi connectivity index (χ0n) is 19.2. The average Bonchev–Trinajstić information content (AvgIpc) is 2.80. The first-order chi connectivity index (χ1) is 16.4. The lowest BCUT2D eigenvalue weighted by molar-refractivity contribution is -0.118. The van der Waals surface area contributed by atoms with E-state index in [2.05, 4.69) is 10.6 Å². The monoisotopic (exact) mass is 462 g/mol. The topological polar surface area (TPSA) is 103 Å². The van der Waals surface area contributed by atoms with Crippen LogP contribution in [-0.2, 0) is 9.53 Å². The van der Waals surface area contributed by atoms with Crippen LogP contribution in [-0.4, -0.2) is 31.2 Å². The maximum absolute atomic E-state index is 12.7. The third-order valence-electron chi connectivity index (χ3n) is 4.72. The highest BCUT2D eigenvalue weighted by Crippen LogP contribution is 2.23. The van der Waals surface area contributed by atoms with Crippen molar-refractivity contribution < 1.29 is 28.6 Å². The Balaban J connectivity index is 1.60. The lowest BCUT2D eigenvalue weighted by Crippen LogP contribution is -2.22. The summed E-state index contributed by atoms with van der Waals surface area (Å²) in [7, 11) is 0. The molecule has 2 N–H and O–H groups in total. The van der Waals surface area contributed by atoms with E-state index in [0.29, 0.717) is 22.7 Å². The van der Waals surface area contributed by atoms with Gasteiger partial charge in [-0.25, -0.2) is 4.79 Å². The van der Waals surface area contributed by atoms with Gasteiger partial charge in [-0.15, -0.1) is 0 Å². The second-order valence-corrected chi connectivity index (χ2v) is 7.41. The molecule has 0 spiro atoms. The summed E-state index contributed by atoms with van der Waals surface area (Å²) in [5.74, 6) is 0.141. The molecule has 0 saturated carbocycles. The fourth-order valence-electron chi connectivity index (χ4n) is 3.10. The van der Waals surface area contributed by atoms with E-state index in [1.54, 1.807) is 31.2 Å². The number of anilines is 2. The molecule has 0 unspecified atom stereocenters. The number of carbonyl (C=O) groups excluding carboxylic acids is 3. The minimum atomic E-state index is -0.814. The molecule has 0 saturated heterocycles. The molecule has 3 rings (SSSR count). The predicted molar refractivity (Wildman–Crippen MR) is 129 cm³/mol. The van der Waals surface area contributed by atoms with E-state index in [4.69, 9.17) is 14.2 Å². The molecule has 0 atom stereocenters. The largest absolute Gasteiger partial charge is 0.513 e. The number of aryl methyl sites for hydroxylation is 2. The van der Waals surface area contributed by atoms with E-state index in [1.807, 2.05) is 32.0 Å². The highest BCUT2D eigenvalue weighted by Gasteiger charge is 2.13. The summed E-state index contributed by atoms with van der Waals surface area (Å²) < 4.78 is 15.3. The van der Waals surface area contributed by atoms with Crippen LogP contribution >= 0.6 is 0 Å². The van der Waals surface area contributed by atoms with Crippen molar-refractivity contribution >= 4 is 29.3 Å². The van der Waals surface area contributed by atoms with Gasteiger partial charge >= 0.3 is 6.16 Å². The van der Waals surface area contributed by atoms with E-state index in [9.17, 15) is 14.4 Å². The molecule has 0 aliphatic heterocycles. The standard InChI is InChI=1S/C26H26N2O6/c1-4-32-26(31)34-20-12-10-19(11-13-20)25(30)28-22-8-6-5-7-21(22)27-24(29)16-33-23-14-9-17(2)15-18(23)3/h5-15H,4,16H2,1-3H3,(H,27,29)(H,28,30). The average molecular weight is 463 g/mol.